The number of amides is 1. The van der Waals surface area contributed by atoms with Crippen LogP contribution in [-0.2, 0) is 29.0 Å². The zero-order chi connectivity index (χ0) is 26.5. The molecule has 6 nitrogen and oxygen atoms in total. The third kappa shape index (κ3) is 5.77. The maximum atomic E-state index is 14.9. The number of rotatable bonds is 9. The predicted octanol–water partition coefficient (Wildman–Crippen LogP) is 5.61. The number of aliphatic carboxylic acids is 1. The van der Waals surface area contributed by atoms with Crippen molar-refractivity contribution in [1.82, 2.24) is 4.90 Å². The summed E-state index contributed by atoms with van der Waals surface area (Å²) >= 11 is 0. The number of methoxy groups -OCH3 is 1. The lowest BCUT2D eigenvalue weighted by molar-refractivity contribution is -0.136. The van der Waals surface area contributed by atoms with Gasteiger partial charge in [0.2, 0.25) is 5.91 Å². The Labute approximate surface area is 216 Å². The maximum Gasteiger partial charge on any atom is 0.307 e. The molecule has 194 valence electrons. The number of hydrogen-bond acceptors (Lipinski definition) is 4. The second-order valence-electron chi connectivity index (χ2n) is 9.30. The average molecular weight is 506 g/mol. The first-order valence-corrected chi connectivity index (χ1v) is 12.5. The van der Waals surface area contributed by atoms with Crippen molar-refractivity contribution in [3.8, 4) is 22.6 Å². The lowest BCUT2D eigenvalue weighted by Gasteiger charge is -2.32. The van der Waals surface area contributed by atoms with Crippen LogP contribution in [0.4, 0.5) is 4.39 Å². The standard InChI is InChI=1S/C30H32FNO5/c1-4-37-28-12-9-20(17-30(34)35)16-24(28)22-10-11-26(31)23-13-14-32(18-25(22)23)29(33)15-19(2)21-7-5-6-8-27(21)36-3/h5-12,16,19H,4,13-15,17-18H2,1-3H3,(H,34,35). The van der Waals surface area contributed by atoms with E-state index >= 15 is 0 Å². The molecule has 1 aliphatic rings. The number of ether oxygens (including phenoxy) is 2. The van der Waals surface area contributed by atoms with Crippen molar-refractivity contribution in [3.63, 3.8) is 0 Å². The number of benzene rings is 3. The number of carboxylic acids is 1. The van der Waals surface area contributed by atoms with E-state index in [1.165, 1.54) is 6.07 Å². The predicted molar refractivity (Wildman–Crippen MR) is 139 cm³/mol. The number of para-hydroxylation sites is 1. The highest BCUT2D eigenvalue weighted by atomic mass is 19.1. The summed E-state index contributed by atoms with van der Waals surface area (Å²) in [5, 5.41) is 9.28. The van der Waals surface area contributed by atoms with E-state index in [4.69, 9.17) is 9.47 Å². The summed E-state index contributed by atoms with van der Waals surface area (Å²) in [5.41, 5.74) is 4.37. The van der Waals surface area contributed by atoms with Crippen LogP contribution in [0.1, 0.15) is 48.4 Å². The van der Waals surface area contributed by atoms with Gasteiger partial charge in [-0.15, -0.1) is 0 Å². The molecule has 0 radical (unpaired) electrons. The highest BCUT2D eigenvalue weighted by Gasteiger charge is 2.28. The van der Waals surface area contributed by atoms with Gasteiger partial charge in [0, 0.05) is 25.1 Å². The zero-order valence-electron chi connectivity index (χ0n) is 21.4. The van der Waals surface area contributed by atoms with E-state index in [-0.39, 0.29) is 30.6 Å². The molecule has 1 aliphatic heterocycles. The lowest BCUT2D eigenvalue weighted by atomic mass is 9.89. The number of carbonyl (C=O) groups is 2. The second-order valence-corrected chi connectivity index (χ2v) is 9.30. The van der Waals surface area contributed by atoms with E-state index in [0.29, 0.717) is 48.4 Å². The smallest absolute Gasteiger partial charge is 0.307 e. The van der Waals surface area contributed by atoms with Gasteiger partial charge in [0.05, 0.1) is 20.1 Å². The highest BCUT2D eigenvalue weighted by molar-refractivity contribution is 5.80. The molecule has 1 unspecified atom stereocenters. The highest BCUT2D eigenvalue weighted by Crippen LogP contribution is 2.38. The molecular formula is C30H32FNO5. The molecule has 1 heterocycles. The molecule has 0 saturated carbocycles. The molecule has 0 aliphatic carbocycles. The summed E-state index contributed by atoms with van der Waals surface area (Å²) in [7, 11) is 1.62. The van der Waals surface area contributed by atoms with E-state index < -0.39 is 5.97 Å². The van der Waals surface area contributed by atoms with Crippen LogP contribution >= 0.6 is 0 Å². The van der Waals surface area contributed by atoms with Gasteiger partial charge < -0.3 is 19.5 Å². The van der Waals surface area contributed by atoms with Gasteiger partial charge in [0.15, 0.2) is 0 Å². The van der Waals surface area contributed by atoms with Crippen LogP contribution in [0.3, 0.4) is 0 Å². The van der Waals surface area contributed by atoms with Gasteiger partial charge in [0.25, 0.3) is 0 Å². The van der Waals surface area contributed by atoms with Gasteiger partial charge in [-0.2, -0.15) is 0 Å². The van der Waals surface area contributed by atoms with Crippen LogP contribution in [0.15, 0.2) is 54.6 Å². The normalized spacial score (nSPS) is 13.6. The van der Waals surface area contributed by atoms with Crippen LogP contribution in [0, 0.1) is 5.82 Å². The fourth-order valence-electron chi connectivity index (χ4n) is 5.03. The van der Waals surface area contributed by atoms with Gasteiger partial charge >= 0.3 is 5.97 Å². The topological polar surface area (TPSA) is 76.1 Å². The largest absolute Gasteiger partial charge is 0.496 e. The Kier molecular flexibility index (Phi) is 8.11. The Hall–Kier alpha value is -3.87. The first kappa shape index (κ1) is 26.2. The van der Waals surface area contributed by atoms with Crippen LogP contribution in [0.5, 0.6) is 11.5 Å². The Bertz CT molecular complexity index is 1310. The van der Waals surface area contributed by atoms with Gasteiger partial charge in [0.1, 0.15) is 17.3 Å². The first-order chi connectivity index (χ1) is 17.8. The van der Waals surface area contributed by atoms with E-state index in [2.05, 4.69) is 0 Å². The van der Waals surface area contributed by atoms with Crippen molar-refractivity contribution < 1.29 is 28.6 Å². The van der Waals surface area contributed by atoms with Crippen molar-refractivity contribution >= 4 is 11.9 Å². The van der Waals surface area contributed by atoms with Gasteiger partial charge in [-0.1, -0.05) is 37.3 Å². The van der Waals surface area contributed by atoms with Crippen molar-refractivity contribution in [1.29, 1.82) is 0 Å². The molecule has 3 aromatic carbocycles. The zero-order valence-corrected chi connectivity index (χ0v) is 21.4. The Morgan fingerprint density at radius 3 is 2.57 bits per heavy atom. The molecule has 3 aromatic rings. The van der Waals surface area contributed by atoms with Crippen molar-refractivity contribution in [2.75, 3.05) is 20.3 Å². The molecule has 0 aromatic heterocycles. The molecule has 1 amide bonds. The fraction of sp³-hybridized carbons (Fsp3) is 0.333. The quantitative estimate of drug-likeness (QED) is 0.409. The summed E-state index contributed by atoms with van der Waals surface area (Å²) in [6, 6.07) is 16.1. The van der Waals surface area contributed by atoms with Crippen molar-refractivity contribution in [2.45, 2.75) is 45.6 Å². The molecule has 0 saturated heterocycles. The summed E-state index contributed by atoms with van der Waals surface area (Å²) in [6.45, 7) is 5.01. The molecule has 7 heteroatoms. The SMILES string of the molecule is CCOc1ccc(CC(=O)O)cc1-c1ccc(F)c2c1CN(C(=O)CC(C)c1ccccc1OC)CC2. The number of carboxylic acid groups (broad SMARTS) is 1. The lowest BCUT2D eigenvalue weighted by Crippen LogP contribution is -2.37. The summed E-state index contributed by atoms with van der Waals surface area (Å²) in [4.78, 5) is 26.5. The number of carbonyl (C=O) groups excluding carboxylic acids is 1. The van der Waals surface area contributed by atoms with Gasteiger partial charge in [-0.3, -0.25) is 9.59 Å². The second kappa shape index (κ2) is 11.5. The fourth-order valence-corrected chi connectivity index (χ4v) is 5.03. The Morgan fingerprint density at radius 2 is 1.84 bits per heavy atom. The monoisotopic (exact) mass is 505 g/mol. The summed E-state index contributed by atoms with van der Waals surface area (Å²) in [6.07, 6.45) is 0.579. The minimum absolute atomic E-state index is 0.0103. The molecule has 4 rings (SSSR count). The molecule has 1 atom stereocenters. The van der Waals surface area contributed by atoms with Crippen molar-refractivity contribution in [3.05, 3.63) is 82.7 Å². The van der Waals surface area contributed by atoms with E-state index in [9.17, 15) is 19.1 Å². The summed E-state index contributed by atoms with van der Waals surface area (Å²) < 4.78 is 26.2. The Morgan fingerprint density at radius 1 is 1.05 bits per heavy atom. The maximum absolute atomic E-state index is 14.9. The van der Waals surface area contributed by atoms with Crippen LogP contribution in [0.25, 0.3) is 11.1 Å². The molecule has 37 heavy (non-hydrogen) atoms. The third-order valence-corrected chi connectivity index (χ3v) is 6.85. The molecular weight excluding hydrogens is 473 g/mol. The number of nitrogens with zero attached hydrogens (tertiary/aromatic N) is 1. The minimum Gasteiger partial charge on any atom is -0.496 e. The van der Waals surface area contributed by atoms with Gasteiger partial charge in [-0.05, 0) is 71.3 Å². The van der Waals surface area contributed by atoms with Crippen LogP contribution in [-0.4, -0.2) is 42.1 Å². The minimum atomic E-state index is -0.933. The van der Waals surface area contributed by atoms with Gasteiger partial charge in [-0.25, -0.2) is 4.39 Å². The average Bonchev–Trinajstić information content (AvgIpc) is 2.89. The molecule has 0 fully saturated rings. The van der Waals surface area contributed by atoms with E-state index in [1.54, 1.807) is 36.3 Å². The first-order valence-electron chi connectivity index (χ1n) is 12.5. The summed E-state index contributed by atoms with van der Waals surface area (Å²) in [5.74, 6) is 0.0582. The number of halogens is 1. The van der Waals surface area contributed by atoms with E-state index in [1.807, 2.05) is 38.1 Å². The van der Waals surface area contributed by atoms with Crippen LogP contribution < -0.4 is 9.47 Å². The molecule has 1 N–H and O–H groups in total. The third-order valence-electron chi connectivity index (χ3n) is 6.85. The molecule has 0 bridgehead atoms. The number of fused-ring (bicyclic) bond motifs is 1. The van der Waals surface area contributed by atoms with Crippen LogP contribution in [0.2, 0.25) is 0 Å². The Balaban J connectivity index is 1.65. The number of hydrogen-bond donors (Lipinski definition) is 1. The van der Waals surface area contributed by atoms with E-state index in [0.717, 1.165) is 22.4 Å². The molecule has 0 spiro atoms. The van der Waals surface area contributed by atoms with Crippen molar-refractivity contribution in [2.24, 2.45) is 0 Å².